The van der Waals surface area contributed by atoms with Crippen LogP contribution >= 0.6 is 15.6 Å². The van der Waals surface area contributed by atoms with Gasteiger partial charge in [0.15, 0.2) is 0 Å². The number of rotatable bonds is 35. The Bertz CT molecular complexity index is 1220. The Morgan fingerprint density at radius 1 is 0.517 bits per heavy atom. The van der Waals surface area contributed by atoms with Crippen molar-refractivity contribution in [3.8, 4) is 0 Å². The first-order valence-corrected chi connectivity index (χ1v) is 24.0. The number of unbranched alkanes of at least 4 members (excludes halogenated alkanes) is 7. The summed E-state index contributed by atoms with van der Waals surface area (Å²) in [5.41, 5.74) is -0.343. The molecule has 0 saturated carbocycles. The van der Waals surface area contributed by atoms with Gasteiger partial charge in [0.1, 0.15) is 0 Å². The minimum atomic E-state index is -4.13. The molecule has 3 amide bonds. The van der Waals surface area contributed by atoms with Crippen LogP contribution in [0.3, 0.4) is 0 Å². The van der Waals surface area contributed by atoms with Gasteiger partial charge in [0.2, 0.25) is 17.7 Å². The smallest absolute Gasteiger partial charge is 0.356 e. The Morgan fingerprint density at radius 2 is 0.931 bits per heavy atom. The zero-order valence-corrected chi connectivity index (χ0v) is 39.7. The molecule has 0 aliphatic carbocycles. The van der Waals surface area contributed by atoms with Gasteiger partial charge in [-0.25, -0.2) is 18.9 Å². The highest BCUT2D eigenvalue weighted by molar-refractivity contribution is 7.48. The van der Waals surface area contributed by atoms with Crippen LogP contribution in [0.5, 0.6) is 0 Å². The van der Waals surface area contributed by atoms with Crippen molar-refractivity contribution in [2.24, 2.45) is 10.8 Å². The quantitative estimate of drug-likeness (QED) is 0.0266. The zero-order valence-electron chi connectivity index (χ0n) is 37.9. The minimum Gasteiger partial charge on any atom is -0.356 e. The van der Waals surface area contributed by atoms with Gasteiger partial charge in [-0.1, -0.05) is 73.6 Å². The Kier molecular flexibility index (Phi) is 29.8. The Hall–Kier alpha value is -1.45. The van der Waals surface area contributed by atoms with Gasteiger partial charge in [0.25, 0.3) is 0 Å². The van der Waals surface area contributed by atoms with E-state index >= 15 is 0 Å². The number of carbonyl (C=O) groups is 3. The van der Waals surface area contributed by atoms with Crippen LogP contribution in [0.15, 0.2) is 0 Å². The molecule has 0 heterocycles. The summed E-state index contributed by atoms with van der Waals surface area (Å²) >= 11 is 0. The number of hydrogen-bond acceptors (Lipinski definition) is 13. The fraction of sp³-hybridized carbons (Fsp3) is 0.925. The molecule has 0 aromatic carbocycles. The van der Waals surface area contributed by atoms with Gasteiger partial charge in [-0.2, -0.15) is 0 Å². The van der Waals surface area contributed by atoms with Gasteiger partial charge in [-0.15, -0.1) is 9.35 Å². The molecule has 344 valence electrons. The van der Waals surface area contributed by atoms with Gasteiger partial charge in [-0.05, 0) is 83.0 Å². The zero-order chi connectivity index (χ0) is 44.1. The molecule has 0 rings (SSSR count). The molecule has 0 fully saturated rings. The van der Waals surface area contributed by atoms with Crippen molar-refractivity contribution < 1.29 is 60.7 Å². The maximum Gasteiger partial charge on any atom is 0.502 e. The third-order valence-corrected chi connectivity index (χ3v) is 11.4. The van der Waals surface area contributed by atoms with Crippen LogP contribution in [0.4, 0.5) is 0 Å². The normalized spacial score (nSPS) is 14.5. The van der Waals surface area contributed by atoms with E-state index in [1.54, 1.807) is 20.8 Å². The molecule has 0 radical (unpaired) electrons. The van der Waals surface area contributed by atoms with E-state index in [1.165, 1.54) is 19.1 Å². The van der Waals surface area contributed by atoms with E-state index in [2.05, 4.69) is 62.0 Å². The van der Waals surface area contributed by atoms with Crippen LogP contribution in [0.2, 0.25) is 0 Å². The molecular weight excluding hydrogens is 792 g/mol. The third kappa shape index (κ3) is 34.3. The second-order valence-corrected chi connectivity index (χ2v) is 21.0. The number of amides is 3. The van der Waals surface area contributed by atoms with E-state index < -0.39 is 21.2 Å². The van der Waals surface area contributed by atoms with Crippen LogP contribution < -0.4 is 10.6 Å². The number of nitrogens with one attached hydrogen (secondary N) is 2. The molecule has 16 nitrogen and oxygen atoms in total. The lowest BCUT2D eigenvalue weighted by Gasteiger charge is -2.27. The van der Waals surface area contributed by atoms with E-state index in [4.69, 9.17) is 27.4 Å². The van der Waals surface area contributed by atoms with E-state index in [-0.39, 0.29) is 67.9 Å². The molecular formula is C40H81N3O13P2. The van der Waals surface area contributed by atoms with E-state index in [9.17, 15) is 23.5 Å². The first-order valence-electron chi connectivity index (χ1n) is 21.1. The van der Waals surface area contributed by atoms with Crippen LogP contribution in [0.1, 0.15) is 165 Å². The standard InChI is InChI=1S/C40H81N3O13P2/c1-38(2,3)26-18-16-23-35(44)41-28-20-12-13-22-32-51-57(47,55-49-10)52-33-30-43(31-34-53-58(48,56-50-11)54-40(7,8)9)37(46)25-15-14-21-29-42-36(45)24-17-19-27-39(4,5)6/h12-34H2,1-11H3,(H,41,44)(H,42,45). The maximum absolute atomic E-state index is 13.4. The molecule has 0 aliphatic heterocycles. The van der Waals surface area contributed by atoms with E-state index in [0.29, 0.717) is 45.2 Å². The molecule has 2 atom stereocenters. The predicted molar refractivity (Wildman–Crippen MR) is 225 cm³/mol. The first kappa shape index (κ1) is 56.5. The molecule has 58 heavy (non-hydrogen) atoms. The molecule has 18 heteroatoms. The molecule has 0 bridgehead atoms. The highest BCUT2D eigenvalue weighted by Crippen LogP contribution is 2.52. The lowest BCUT2D eigenvalue weighted by atomic mass is 9.89. The molecule has 2 unspecified atom stereocenters. The summed E-state index contributed by atoms with van der Waals surface area (Å²) in [5.74, 6) is -0.131. The fourth-order valence-corrected chi connectivity index (χ4v) is 7.84. The number of phosphoric acid groups is 2. The van der Waals surface area contributed by atoms with Gasteiger partial charge in [0, 0.05) is 45.4 Å². The van der Waals surface area contributed by atoms with Gasteiger partial charge >= 0.3 is 15.6 Å². The molecule has 0 saturated heterocycles. The highest BCUT2D eigenvalue weighted by atomic mass is 31.2. The van der Waals surface area contributed by atoms with Gasteiger partial charge in [0.05, 0.1) is 39.6 Å². The largest absolute Gasteiger partial charge is 0.502 e. The first-order chi connectivity index (χ1) is 27.0. The molecule has 0 aliphatic rings. The predicted octanol–water partition coefficient (Wildman–Crippen LogP) is 9.62. The van der Waals surface area contributed by atoms with Crippen molar-refractivity contribution >= 4 is 33.4 Å². The summed E-state index contributed by atoms with van der Waals surface area (Å²) in [6.07, 6.45) is 12.2. The van der Waals surface area contributed by atoms with Gasteiger partial charge < -0.3 is 15.5 Å². The minimum absolute atomic E-state index is 0.0218. The van der Waals surface area contributed by atoms with Crippen molar-refractivity contribution in [3.05, 3.63) is 0 Å². The van der Waals surface area contributed by atoms with Gasteiger partial charge in [-0.3, -0.25) is 32.5 Å². The van der Waals surface area contributed by atoms with Crippen LogP contribution in [-0.2, 0) is 60.7 Å². The topological polar surface area (TPSA) is 186 Å². The fourth-order valence-electron chi connectivity index (χ4n) is 5.56. The van der Waals surface area contributed by atoms with E-state index in [1.807, 2.05) is 0 Å². The molecule has 0 aromatic heterocycles. The summed E-state index contributed by atoms with van der Waals surface area (Å²) in [5, 5.41) is 5.92. The average Bonchev–Trinajstić information content (AvgIpc) is 3.09. The SMILES string of the molecule is COOP(=O)(OCCCCCCNC(=O)CCCCC(C)(C)C)OCCN(CCOP(=O)(OOC)OC(C)(C)C)C(=O)CCCCCNC(=O)CCCCC(C)(C)C. The second-order valence-electron chi connectivity index (χ2n) is 17.9. The highest BCUT2D eigenvalue weighted by Gasteiger charge is 2.34. The number of nitrogens with zero attached hydrogens (tertiary/aromatic N) is 1. The van der Waals surface area contributed by atoms with Crippen molar-refractivity contribution in [1.82, 2.24) is 15.5 Å². The van der Waals surface area contributed by atoms with E-state index in [0.717, 1.165) is 64.2 Å². The monoisotopic (exact) mass is 874 g/mol. The van der Waals surface area contributed by atoms with Crippen molar-refractivity contribution in [2.45, 2.75) is 171 Å². The second kappa shape index (κ2) is 30.6. The summed E-state index contributed by atoms with van der Waals surface area (Å²) in [6.45, 7) is 18.9. The number of hydrogen-bond donors (Lipinski definition) is 2. The van der Waals surface area contributed by atoms with Crippen LogP contribution in [-0.4, -0.2) is 88.4 Å². The molecule has 2 N–H and O–H groups in total. The average molecular weight is 874 g/mol. The number of carbonyl (C=O) groups excluding carboxylic acids is 3. The Balaban J connectivity index is 4.93. The summed E-state index contributed by atoms with van der Waals surface area (Å²) < 4.78 is 57.9. The summed E-state index contributed by atoms with van der Waals surface area (Å²) in [7, 11) is -5.90. The summed E-state index contributed by atoms with van der Waals surface area (Å²) in [6, 6.07) is 0. The number of phosphoric ester groups is 2. The Morgan fingerprint density at radius 3 is 1.40 bits per heavy atom. The lowest BCUT2D eigenvalue weighted by molar-refractivity contribution is -0.206. The van der Waals surface area contributed by atoms with Crippen LogP contribution in [0.25, 0.3) is 0 Å². The Labute approximate surface area is 350 Å². The summed E-state index contributed by atoms with van der Waals surface area (Å²) in [4.78, 5) is 48.3. The maximum atomic E-state index is 13.4. The van der Waals surface area contributed by atoms with Crippen molar-refractivity contribution in [2.75, 3.05) is 60.2 Å². The van der Waals surface area contributed by atoms with Crippen molar-refractivity contribution in [1.29, 1.82) is 0 Å². The molecule has 0 spiro atoms. The third-order valence-electron chi connectivity index (χ3n) is 8.48. The van der Waals surface area contributed by atoms with Crippen LogP contribution in [0, 0.1) is 10.8 Å². The van der Waals surface area contributed by atoms with Crippen molar-refractivity contribution in [3.63, 3.8) is 0 Å². The lowest BCUT2D eigenvalue weighted by Crippen LogP contribution is -2.36. The molecule has 0 aromatic rings.